The van der Waals surface area contributed by atoms with Crippen LogP contribution >= 0.6 is 0 Å². The van der Waals surface area contributed by atoms with Crippen LogP contribution in [0, 0.1) is 0 Å². The van der Waals surface area contributed by atoms with E-state index in [4.69, 9.17) is 5.11 Å². The Kier molecular flexibility index (Phi) is 4.20. The Labute approximate surface area is 129 Å². The number of carboxylic acids is 1. The second-order valence-electron chi connectivity index (χ2n) is 5.71. The summed E-state index contributed by atoms with van der Waals surface area (Å²) in [5, 5.41) is 13.7. The third-order valence-corrected chi connectivity index (χ3v) is 4.04. The summed E-state index contributed by atoms with van der Waals surface area (Å²) < 4.78 is 1.90. The van der Waals surface area contributed by atoms with Crippen molar-refractivity contribution in [1.82, 2.24) is 19.7 Å². The van der Waals surface area contributed by atoms with Gasteiger partial charge in [0.15, 0.2) is 0 Å². The van der Waals surface area contributed by atoms with Crippen LogP contribution in [-0.4, -0.2) is 37.3 Å². The third kappa shape index (κ3) is 3.17. The van der Waals surface area contributed by atoms with Gasteiger partial charge in [0, 0.05) is 26.3 Å². The molecule has 6 heteroatoms. The lowest BCUT2D eigenvalue weighted by Crippen LogP contribution is -2.30. The third-order valence-electron chi connectivity index (χ3n) is 4.04. The van der Waals surface area contributed by atoms with Gasteiger partial charge in [-0.3, -0.25) is 19.4 Å². The van der Waals surface area contributed by atoms with E-state index in [0.717, 1.165) is 30.7 Å². The van der Waals surface area contributed by atoms with Gasteiger partial charge in [-0.2, -0.15) is 5.10 Å². The summed E-state index contributed by atoms with van der Waals surface area (Å²) >= 11 is 0. The zero-order valence-electron chi connectivity index (χ0n) is 12.7. The van der Waals surface area contributed by atoms with Gasteiger partial charge in [-0.1, -0.05) is 6.07 Å². The van der Waals surface area contributed by atoms with E-state index in [1.54, 1.807) is 6.20 Å². The van der Waals surface area contributed by atoms with Gasteiger partial charge in [0.1, 0.15) is 0 Å². The van der Waals surface area contributed by atoms with Crippen molar-refractivity contribution in [3.63, 3.8) is 0 Å². The first-order valence-corrected chi connectivity index (χ1v) is 7.51. The van der Waals surface area contributed by atoms with E-state index in [1.807, 2.05) is 34.8 Å². The van der Waals surface area contributed by atoms with E-state index in [2.05, 4.69) is 10.1 Å². The van der Waals surface area contributed by atoms with E-state index in [1.165, 1.54) is 11.3 Å². The maximum atomic E-state index is 11.2. The number of hydrogen-bond donors (Lipinski definition) is 1. The molecule has 1 aliphatic carbocycles. The van der Waals surface area contributed by atoms with E-state index in [9.17, 15) is 4.79 Å². The van der Waals surface area contributed by atoms with Gasteiger partial charge in [0.05, 0.1) is 23.6 Å². The van der Waals surface area contributed by atoms with Crippen LogP contribution in [0.4, 0.5) is 0 Å². The van der Waals surface area contributed by atoms with E-state index in [-0.39, 0.29) is 6.54 Å². The highest BCUT2D eigenvalue weighted by Gasteiger charge is 2.23. The van der Waals surface area contributed by atoms with Crippen molar-refractivity contribution in [2.75, 3.05) is 6.54 Å². The van der Waals surface area contributed by atoms with Crippen molar-refractivity contribution in [2.24, 2.45) is 7.05 Å². The predicted molar refractivity (Wildman–Crippen MR) is 81.2 cm³/mol. The van der Waals surface area contributed by atoms with Crippen LogP contribution in [0.25, 0.3) is 0 Å². The Hall–Kier alpha value is -2.21. The zero-order valence-corrected chi connectivity index (χ0v) is 12.7. The summed E-state index contributed by atoms with van der Waals surface area (Å²) in [5.74, 6) is -0.824. The van der Waals surface area contributed by atoms with Gasteiger partial charge in [-0.25, -0.2) is 0 Å². The molecule has 6 nitrogen and oxygen atoms in total. The Morgan fingerprint density at radius 1 is 1.36 bits per heavy atom. The minimum atomic E-state index is -0.824. The molecule has 0 unspecified atom stereocenters. The molecule has 0 aromatic carbocycles. The molecule has 116 valence electrons. The van der Waals surface area contributed by atoms with Crippen molar-refractivity contribution in [2.45, 2.75) is 32.4 Å². The normalized spacial score (nSPS) is 13.5. The van der Waals surface area contributed by atoms with Gasteiger partial charge >= 0.3 is 5.97 Å². The summed E-state index contributed by atoms with van der Waals surface area (Å²) in [5.41, 5.74) is 4.48. The van der Waals surface area contributed by atoms with Crippen LogP contribution in [0.5, 0.6) is 0 Å². The average molecular weight is 300 g/mol. The molecule has 0 bridgehead atoms. The zero-order chi connectivity index (χ0) is 15.5. The second kappa shape index (κ2) is 6.27. The number of aromatic nitrogens is 3. The van der Waals surface area contributed by atoms with Crippen LogP contribution in [-0.2, 0) is 37.8 Å². The molecule has 2 heterocycles. The summed E-state index contributed by atoms with van der Waals surface area (Å²) in [4.78, 5) is 17.4. The number of fused-ring (bicyclic) bond motifs is 1. The molecule has 2 aromatic heterocycles. The summed E-state index contributed by atoms with van der Waals surface area (Å²) in [6, 6.07) is 5.70. The summed E-state index contributed by atoms with van der Waals surface area (Å²) in [7, 11) is 1.94. The Bertz CT molecular complexity index is 666. The number of aliphatic carboxylic acids is 1. The molecule has 0 amide bonds. The van der Waals surface area contributed by atoms with E-state index in [0.29, 0.717) is 13.1 Å². The molecule has 3 rings (SSSR count). The van der Waals surface area contributed by atoms with Crippen molar-refractivity contribution in [1.29, 1.82) is 0 Å². The topological polar surface area (TPSA) is 71.2 Å². The number of hydrogen-bond acceptors (Lipinski definition) is 4. The van der Waals surface area contributed by atoms with Crippen LogP contribution in [0.15, 0.2) is 24.4 Å². The molecule has 1 N–H and O–H groups in total. The largest absolute Gasteiger partial charge is 0.480 e. The lowest BCUT2D eigenvalue weighted by molar-refractivity contribution is -0.138. The molecule has 0 saturated heterocycles. The predicted octanol–water partition coefficient (Wildman–Crippen LogP) is 1.39. The van der Waals surface area contributed by atoms with Crippen molar-refractivity contribution in [3.05, 3.63) is 47.0 Å². The molecule has 1 aliphatic rings. The number of pyridine rings is 1. The molecule has 0 atom stereocenters. The van der Waals surface area contributed by atoms with Crippen LogP contribution < -0.4 is 0 Å². The first-order valence-electron chi connectivity index (χ1n) is 7.51. The van der Waals surface area contributed by atoms with Gasteiger partial charge in [-0.15, -0.1) is 0 Å². The molecule has 0 aliphatic heterocycles. The molecule has 0 radical (unpaired) electrons. The summed E-state index contributed by atoms with van der Waals surface area (Å²) in [6.07, 6.45) is 4.95. The lowest BCUT2D eigenvalue weighted by atomic mass is 10.2. The Morgan fingerprint density at radius 3 is 2.95 bits per heavy atom. The van der Waals surface area contributed by atoms with E-state index < -0.39 is 5.97 Å². The average Bonchev–Trinajstić information content (AvgIpc) is 3.02. The van der Waals surface area contributed by atoms with Crippen molar-refractivity contribution >= 4 is 5.97 Å². The lowest BCUT2D eigenvalue weighted by Gasteiger charge is -2.20. The fourth-order valence-corrected chi connectivity index (χ4v) is 3.08. The standard InChI is InChI=1S/C16H20N4O2/c1-19-15(13-6-4-7-14(13)18-19)10-20(11-16(21)22)9-12-5-2-3-8-17-12/h2-3,5,8H,4,6-7,9-11H2,1H3,(H,21,22). The van der Waals surface area contributed by atoms with Gasteiger partial charge in [-0.05, 0) is 37.0 Å². The first kappa shape index (κ1) is 14.7. The number of rotatable bonds is 6. The number of nitrogens with zero attached hydrogens (tertiary/aromatic N) is 4. The van der Waals surface area contributed by atoms with Crippen molar-refractivity contribution in [3.8, 4) is 0 Å². The van der Waals surface area contributed by atoms with Gasteiger partial charge in [0.2, 0.25) is 0 Å². The molecular weight excluding hydrogens is 280 g/mol. The molecular formula is C16H20N4O2. The molecule has 0 fully saturated rings. The summed E-state index contributed by atoms with van der Waals surface area (Å²) in [6.45, 7) is 1.10. The highest BCUT2D eigenvalue weighted by Crippen LogP contribution is 2.25. The highest BCUT2D eigenvalue weighted by atomic mass is 16.4. The fraction of sp³-hybridized carbons (Fsp3) is 0.438. The number of aryl methyl sites for hydroxylation is 2. The SMILES string of the molecule is Cn1nc2c(c1CN(CC(=O)O)Cc1ccccn1)CCC2. The second-order valence-corrected chi connectivity index (χ2v) is 5.71. The highest BCUT2D eigenvalue weighted by molar-refractivity contribution is 5.69. The van der Waals surface area contributed by atoms with Gasteiger partial charge in [0.25, 0.3) is 0 Å². The van der Waals surface area contributed by atoms with E-state index >= 15 is 0 Å². The van der Waals surface area contributed by atoms with Gasteiger partial charge < -0.3 is 5.11 Å². The number of carboxylic acid groups (broad SMARTS) is 1. The Morgan fingerprint density at radius 2 is 2.23 bits per heavy atom. The fourth-order valence-electron chi connectivity index (χ4n) is 3.08. The minimum absolute atomic E-state index is 0.00344. The van der Waals surface area contributed by atoms with Crippen LogP contribution in [0.2, 0.25) is 0 Å². The maximum Gasteiger partial charge on any atom is 0.317 e. The first-order chi connectivity index (χ1) is 10.6. The quantitative estimate of drug-likeness (QED) is 0.873. The maximum absolute atomic E-state index is 11.2. The van der Waals surface area contributed by atoms with Crippen LogP contribution in [0.1, 0.15) is 29.1 Å². The molecule has 22 heavy (non-hydrogen) atoms. The smallest absolute Gasteiger partial charge is 0.317 e. The molecule has 2 aromatic rings. The molecule has 0 saturated carbocycles. The van der Waals surface area contributed by atoms with Crippen LogP contribution in [0.3, 0.4) is 0 Å². The van der Waals surface area contributed by atoms with Crippen molar-refractivity contribution < 1.29 is 9.90 Å². The monoisotopic (exact) mass is 300 g/mol. The molecule has 0 spiro atoms. The minimum Gasteiger partial charge on any atom is -0.480 e. The Balaban J connectivity index is 1.80. The number of carbonyl (C=O) groups is 1.